The molecule has 0 aromatic heterocycles. The van der Waals surface area contributed by atoms with Gasteiger partial charge in [-0.2, -0.15) is 0 Å². The van der Waals surface area contributed by atoms with Gasteiger partial charge in [0.05, 0.1) is 20.8 Å². The first-order valence-corrected chi connectivity index (χ1v) is 8.88. The van der Waals surface area contributed by atoms with E-state index in [1.165, 1.54) is 18.2 Å². The lowest BCUT2D eigenvalue weighted by atomic mass is 9.96. The van der Waals surface area contributed by atoms with E-state index in [0.29, 0.717) is 31.6 Å². The van der Waals surface area contributed by atoms with E-state index in [1.54, 1.807) is 18.2 Å². The number of hydrogen-bond acceptors (Lipinski definition) is 7. The first-order valence-electron chi connectivity index (χ1n) is 8.51. The molecule has 28 heavy (non-hydrogen) atoms. The van der Waals surface area contributed by atoms with Gasteiger partial charge in [-0.25, -0.2) is 0 Å². The van der Waals surface area contributed by atoms with Crippen molar-refractivity contribution in [3.05, 3.63) is 67.7 Å². The summed E-state index contributed by atoms with van der Waals surface area (Å²) in [5, 5.41) is 21.9. The van der Waals surface area contributed by atoms with Crippen LogP contribution in [0.25, 0.3) is 0 Å². The van der Waals surface area contributed by atoms with Crippen molar-refractivity contribution in [1.82, 2.24) is 0 Å². The molecule has 1 aliphatic rings. The van der Waals surface area contributed by atoms with Crippen molar-refractivity contribution >= 4 is 34.6 Å². The smallest absolute Gasteiger partial charge is 0.314 e. The number of nitro benzene ring substituents is 2. The van der Waals surface area contributed by atoms with Crippen LogP contribution >= 0.6 is 11.6 Å². The quantitative estimate of drug-likeness (QED) is 0.319. The van der Waals surface area contributed by atoms with Crippen molar-refractivity contribution in [3.8, 4) is 5.75 Å². The molecule has 1 heterocycles. The maximum absolute atomic E-state index is 12.4. The highest BCUT2D eigenvalue weighted by molar-refractivity contribution is 6.32. The van der Waals surface area contributed by atoms with Gasteiger partial charge in [-0.1, -0.05) is 23.7 Å². The van der Waals surface area contributed by atoms with E-state index in [-0.39, 0.29) is 28.1 Å². The molecule has 2 aromatic carbocycles. The van der Waals surface area contributed by atoms with E-state index in [9.17, 15) is 25.0 Å². The summed E-state index contributed by atoms with van der Waals surface area (Å²) in [7, 11) is 0. The van der Waals surface area contributed by atoms with E-state index in [2.05, 4.69) is 0 Å². The highest BCUT2D eigenvalue weighted by Crippen LogP contribution is 2.33. The second kappa shape index (κ2) is 8.22. The molecule has 146 valence electrons. The molecule has 0 amide bonds. The number of piperidine rings is 1. The molecular formula is C18H16ClN3O6. The summed E-state index contributed by atoms with van der Waals surface area (Å²) in [5.74, 6) is -0.790. The van der Waals surface area contributed by atoms with Crippen molar-refractivity contribution in [1.29, 1.82) is 0 Å². The molecule has 3 rings (SSSR count). The molecule has 0 radical (unpaired) electrons. The predicted molar refractivity (Wildman–Crippen MR) is 102 cm³/mol. The lowest BCUT2D eigenvalue weighted by molar-refractivity contribution is -0.384. The summed E-state index contributed by atoms with van der Waals surface area (Å²) < 4.78 is 5.30. The van der Waals surface area contributed by atoms with Crippen LogP contribution in [0.3, 0.4) is 0 Å². The average Bonchev–Trinajstić information content (AvgIpc) is 2.69. The number of anilines is 1. The molecule has 0 atom stereocenters. The number of carbonyl (C=O) groups excluding carboxylic acids is 1. The maximum atomic E-state index is 12.4. The molecule has 10 heteroatoms. The van der Waals surface area contributed by atoms with Crippen LogP contribution in [0, 0.1) is 26.1 Å². The molecule has 1 aliphatic heterocycles. The molecule has 0 N–H and O–H groups in total. The Morgan fingerprint density at radius 3 is 2.36 bits per heavy atom. The number of halogens is 1. The number of para-hydroxylation sites is 2. The predicted octanol–water partition coefficient (Wildman–Crippen LogP) is 3.98. The Morgan fingerprint density at radius 2 is 1.75 bits per heavy atom. The van der Waals surface area contributed by atoms with Crippen molar-refractivity contribution in [2.75, 3.05) is 18.0 Å². The Balaban J connectivity index is 1.63. The Bertz CT molecular complexity index is 927. The van der Waals surface area contributed by atoms with Gasteiger partial charge in [0.1, 0.15) is 11.4 Å². The van der Waals surface area contributed by atoms with E-state index >= 15 is 0 Å². The number of non-ortho nitro benzene ring substituents is 1. The fourth-order valence-electron chi connectivity index (χ4n) is 3.12. The molecule has 0 bridgehead atoms. The minimum absolute atomic E-state index is 0.0140. The van der Waals surface area contributed by atoms with E-state index in [1.807, 2.05) is 4.90 Å². The molecule has 0 saturated carbocycles. The van der Waals surface area contributed by atoms with Gasteiger partial charge in [-0.3, -0.25) is 25.0 Å². The fourth-order valence-corrected chi connectivity index (χ4v) is 3.33. The molecule has 0 aliphatic carbocycles. The minimum atomic E-state index is -0.587. The Hall–Kier alpha value is -3.20. The Labute approximate surface area is 164 Å². The number of ether oxygens (including phenoxy) is 1. The van der Waals surface area contributed by atoms with E-state index in [0.717, 1.165) is 6.07 Å². The van der Waals surface area contributed by atoms with Crippen LogP contribution < -0.4 is 9.64 Å². The van der Waals surface area contributed by atoms with E-state index in [4.69, 9.17) is 16.3 Å². The second-order valence-electron chi connectivity index (χ2n) is 6.30. The topological polar surface area (TPSA) is 116 Å². The van der Waals surface area contributed by atoms with Gasteiger partial charge in [0.15, 0.2) is 0 Å². The number of carbonyl (C=O) groups is 1. The zero-order valence-corrected chi connectivity index (χ0v) is 15.4. The van der Waals surface area contributed by atoms with Crippen LogP contribution in [0.2, 0.25) is 5.02 Å². The maximum Gasteiger partial charge on any atom is 0.314 e. The van der Waals surface area contributed by atoms with Crippen molar-refractivity contribution < 1.29 is 19.4 Å². The molecule has 2 aromatic rings. The van der Waals surface area contributed by atoms with E-state index < -0.39 is 15.8 Å². The third kappa shape index (κ3) is 4.20. The third-order valence-corrected chi connectivity index (χ3v) is 4.88. The van der Waals surface area contributed by atoms with Gasteiger partial charge in [-0.05, 0) is 25.0 Å². The summed E-state index contributed by atoms with van der Waals surface area (Å²) in [4.78, 5) is 35.2. The standard InChI is InChI=1S/C18H16ClN3O6/c19-14-11-13(21(24)25)5-6-17(14)28-18(23)12-7-9-20(10-8-12)15-3-1-2-4-16(15)22(26)27/h1-6,11-12H,7-10H2. The highest BCUT2D eigenvalue weighted by atomic mass is 35.5. The van der Waals surface area contributed by atoms with Crippen LogP contribution in [0.5, 0.6) is 5.75 Å². The molecule has 0 spiro atoms. The summed E-state index contributed by atoms with van der Waals surface area (Å²) in [6.07, 6.45) is 0.935. The SMILES string of the molecule is O=C(Oc1ccc([N+](=O)[O-])cc1Cl)C1CCN(c2ccccc2[N+](=O)[O-])CC1. The summed E-state index contributed by atoms with van der Waals surface area (Å²) >= 11 is 5.95. The largest absolute Gasteiger partial charge is 0.425 e. The molecule has 1 fully saturated rings. The highest BCUT2D eigenvalue weighted by Gasteiger charge is 2.29. The summed E-state index contributed by atoms with van der Waals surface area (Å²) in [6, 6.07) is 10.1. The Morgan fingerprint density at radius 1 is 1.07 bits per heavy atom. The van der Waals surface area contributed by atoms with Gasteiger partial charge in [0.25, 0.3) is 11.4 Å². The second-order valence-corrected chi connectivity index (χ2v) is 6.71. The van der Waals surface area contributed by atoms with Crippen LogP contribution in [-0.2, 0) is 4.79 Å². The summed E-state index contributed by atoms with van der Waals surface area (Å²) in [5.41, 5.74) is 0.362. The summed E-state index contributed by atoms with van der Waals surface area (Å²) in [6.45, 7) is 0.942. The van der Waals surface area contributed by atoms with Gasteiger partial charge >= 0.3 is 5.97 Å². The van der Waals surface area contributed by atoms with Gasteiger partial charge in [-0.15, -0.1) is 0 Å². The van der Waals surface area contributed by atoms with Crippen LogP contribution in [0.1, 0.15) is 12.8 Å². The normalized spacial score (nSPS) is 14.5. The number of esters is 1. The van der Waals surface area contributed by atoms with Gasteiger partial charge in [0, 0.05) is 31.3 Å². The van der Waals surface area contributed by atoms with Crippen molar-refractivity contribution in [2.24, 2.45) is 5.92 Å². The van der Waals surface area contributed by atoms with Crippen LogP contribution in [0.15, 0.2) is 42.5 Å². The molecular weight excluding hydrogens is 390 g/mol. The lowest BCUT2D eigenvalue weighted by Gasteiger charge is -2.32. The average molecular weight is 406 g/mol. The first-order chi connectivity index (χ1) is 13.4. The molecule has 1 saturated heterocycles. The van der Waals surface area contributed by atoms with Crippen molar-refractivity contribution in [2.45, 2.75) is 12.8 Å². The monoisotopic (exact) mass is 405 g/mol. The zero-order chi connectivity index (χ0) is 20.3. The number of rotatable bonds is 5. The lowest BCUT2D eigenvalue weighted by Crippen LogP contribution is -2.38. The fraction of sp³-hybridized carbons (Fsp3) is 0.278. The van der Waals surface area contributed by atoms with Gasteiger partial charge < -0.3 is 9.64 Å². The van der Waals surface area contributed by atoms with Crippen LogP contribution in [-0.4, -0.2) is 28.9 Å². The number of nitro groups is 2. The molecule has 0 unspecified atom stereocenters. The number of hydrogen-bond donors (Lipinski definition) is 0. The Kier molecular flexibility index (Phi) is 5.74. The number of nitrogens with zero attached hydrogens (tertiary/aromatic N) is 3. The first kappa shape index (κ1) is 19.6. The zero-order valence-electron chi connectivity index (χ0n) is 14.6. The van der Waals surface area contributed by atoms with Crippen LogP contribution in [0.4, 0.5) is 17.1 Å². The number of benzene rings is 2. The van der Waals surface area contributed by atoms with Gasteiger partial charge in [0.2, 0.25) is 0 Å². The molecule has 9 nitrogen and oxygen atoms in total. The van der Waals surface area contributed by atoms with Crippen molar-refractivity contribution in [3.63, 3.8) is 0 Å². The third-order valence-electron chi connectivity index (χ3n) is 4.58. The minimum Gasteiger partial charge on any atom is -0.425 e.